The number of fused-ring (bicyclic) bond motifs is 1. The fraction of sp³-hybridized carbons (Fsp3) is 0.613. The van der Waals surface area contributed by atoms with Crippen molar-refractivity contribution in [3.8, 4) is 0 Å². The van der Waals surface area contributed by atoms with Crippen molar-refractivity contribution in [3.05, 3.63) is 47.2 Å². The predicted octanol–water partition coefficient (Wildman–Crippen LogP) is 6.73. The first-order chi connectivity index (χ1) is 17.7. The van der Waals surface area contributed by atoms with Crippen molar-refractivity contribution in [2.45, 2.75) is 118 Å². The summed E-state index contributed by atoms with van der Waals surface area (Å²) >= 11 is 0. The Morgan fingerprint density at radius 1 is 1.08 bits per heavy atom. The van der Waals surface area contributed by atoms with Crippen molar-refractivity contribution in [3.63, 3.8) is 0 Å². The molecule has 0 aromatic heterocycles. The molecule has 1 atom stereocenters. The number of benzene rings is 1. The van der Waals surface area contributed by atoms with E-state index >= 15 is 0 Å². The van der Waals surface area contributed by atoms with Crippen LogP contribution in [0.2, 0.25) is 0 Å². The van der Waals surface area contributed by atoms with Gasteiger partial charge in [0, 0.05) is 12.1 Å². The smallest absolute Gasteiger partial charge is 0.306 e. The molecule has 1 N–H and O–H groups in total. The zero-order valence-corrected chi connectivity index (χ0v) is 24.7. The molecule has 0 spiro atoms. The zero-order valence-electron chi connectivity index (χ0n) is 24.7. The number of nitrogens with zero attached hydrogens (tertiary/aromatic N) is 1. The van der Waals surface area contributed by atoms with Crippen molar-refractivity contribution < 1.29 is 23.9 Å². The molecule has 212 valence electrons. The Bertz CT molecular complexity index is 988. The van der Waals surface area contributed by atoms with Crippen LogP contribution in [-0.4, -0.2) is 40.2 Å². The van der Waals surface area contributed by atoms with Crippen LogP contribution in [0.4, 0.5) is 0 Å². The first-order valence-corrected chi connectivity index (χ1v) is 13.9. The van der Waals surface area contributed by atoms with Crippen molar-refractivity contribution in [1.82, 2.24) is 10.2 Å². The lowest BCUT2D eigenvalue weighted by molar-refractivity contribution is -0.154. The van der Waals surface area contributed by atoms with Gasteiger partial charge in [0.15, 0.2) is 0 Å². The molecular weight excluding hydrogens is 480 g/mol. The van der Waals surface area contributed by atoms with Gasteiger partial charge in [0.2, 0.25) is 5.91 Å². The van der Waals surface area contributed by atoms with E-state index < -0.39 is 11.9 Å². The monoisotopic (exact) mass is 528 g/mol. The van der Waals surface area contributed by atoms with Crippen LogP contribution in [0.25, 0.3) is 0 Å². The Morgan fingerprint density at radius 3 is 2.21 bits per heavy atom. The zero-order chi connectivity index (χ0) is 29.0. The molecule has 1 aromatic rings. The third-order valence-electron chi connectivity index (χ3n) is 6.04. The minimum Gasteiger partial charge on any atom is -0.460 e. The summed E-state index contributed by atoms with van der Waals surface area (Å²) in [5, 5.41) is 2.61. The Morgan fingerprint density at radius 2 is 1.68 bits per heavy atom. The number of aryl methyl sites for hydroxylation is 1. The van der Waals surface area contributed by atoms with E-state index in [1.165, 1.54) is 19.3 Å². The maximum Gasteiger partial charge on any atom is 0.306 e. The van der Waals surface area contributed by atoms with Crippen molar-refractivity contribution in [1.29, 1.82) is 0 Å². The van der Waals surface area contributed by atoms with Gasteiger partial charge in [-0.2, -0.15) is 0 Å². The molecule has 7 heteroatoms. The van der Waals surface area contributed by atoms with Crippen LogP contribution < -0.4 is 5.32 Å². The molecule has 0 radical (unpaired) electrons. The van der Waals surface area contributed by atoms with Gasteiger partial charge >= 0.3 is 5.97 Å². The van der Waals surface area contributed by atoms with E-state index in [1.54, 1.807) is 18.2 Å². The summed E-state index contributed by atoms with van der Waals surface area (Å²) in [4.78, 5) is 49.1. The molecule has 3 rings (SSSR count). The summed E-state index contributed by atoms with van der Waals surface area (Å²) in [7, 11) is 0. The highest BCUT2D eigenvalue weighted by molar-refractivity contribution is 6.23. The number of amides is 3. The lowest BCUT2D eigenvalue weighted by Gasteiger charge is -2.29. The highest BCUT2D eigenvalue weighted by Gasteiger charge is 2.43. The molecule has 1 fully saturated rings. The van der Waals surface area contributed by atoms with E-state index in [9.17, 15) is 19.2 Å². The fourth-order valence-corrected chi connectivity index (χ4v) is 3.88. The van der Waals surface area contributed by atoms with Crippen LogP contribution in [0.1, 0.15) is 126 Å². The highest BCUT2D eigenvalue weighted by atomic mass is 16.6. The standard InChI is InChI=1S/C15H14N2O3.C12H24O2.C4H10/c1-8-3-5-10-11(7-8)15(20)17(14(10)19)12-6-4-9(2)16-13(12)18;1-10(2)8-6-7-9-11(13)14-12(3,4)5;1-3-4-2/h3,5,7,12H,2,4,6H2,1H3,(H,16,18);10H,6-9H2,1-5H3;3-4H2,1-2H3. The molecule has 7 nitrogen and oxygen atoms in total. The van der Waals surface area contributed by atoms with Gasteiger partial charge in [-0.3, -0.25) is 24.1 Å². The predicted molar refractivity (Wildman–Crippen MR) is 152 cm³/mol. The minimum atomic E-state index is -0.742. The number of carbonyl (C=O) groups is 4. The van der Waals surface area contributed by atoms with Crippen molar-refractivity contribution >= 4 is 23.7 Å². The average Bonchev–Trinajstić information content (AvgIpc) is 3.05. The molecule has 1 unspecified atom stereocenters. The second-order valence-corrected chi connectivity index (χ2v) is 11.4. The number of esters is 1. The number of imide groups is 1. The summed E-state index contributed by atoms with van der Waals surface area (Å²) in [6, 6.07) is 4.38. The van der Waals surface area contributed by atoms with E-state index in [0.717, 1.165) is 29.2 Å². The molecule has 0 aliphatic carbocycles. The van der Waals surface area contributed by atoms with E-state index in [0.29, 0.717) is 36.1 Å². The number of rotatable bonds is 7. The van der Waals surface area contributed by atoms with Crippen LogP contribution in [-0.2, 0) is 14.3 Å². The van der Waals surface area contributed by atoms with Gasteiger partial charge in [0.05, 0.1) is 11.1 Å². The molecule has 1 aromatic carbocycles. The first kappa shape index (κ1) is 33.1. The van der Waals surface area contributed by atoms with E-state index in [-0.39, 0.29) is 23.4 Å². The van der Waals surface area contributed by atoms with Gasteiger partial charge in [0.1, 0.15) is 11.6 Å². The number of hydrogen-bond acceptors (Lipinski definition) is 5. The van der Waals surface area contributed by atoms with Gasteiger partial charge in [-0.15, -0.1) is 0 Å². The molecule has 1 saturated heterocycles. The fourth-order valence-electron chi connectivity index (χ4n) is 3.88. The third-order valence-corrected chi connectivity index (χ3v) is 6.04. The average molecular weight is 529 g/mol. The topological polar surface area (TPSA) is 92.8 Å². The number of nitrogens with one attached hydrogen (secondary N) is 1. The maximum absolute atomic E-state index is 12.4. The molecule has 3 amide bonds. The van der Waals surface area contributed by atoms with Gasteiger partial charge in [-0.25, -0.2) is 0 Å². The summed E-state index contributed by atoms with van der Waals surface area (Å²) in [5.74, 6) is -0.457. The molecular formula is C31H48N2O5. The summed E-state index contributed by atoms with van der Waals surface area (Å²) < 4.78 is 5.21. The Balaban J connectivity index is 0.000000352. The number of ether oxygens (including phenoxy) is 1. The van der Waals surface area contributed by atoms with Crippen molar-refractivity contribution in [2.24, 2.45) is 5.92 Å². The third kappa shape index (κ3) is 10.8. The minimum absolute atomic E-state index is 0.0683. The second kappa shape index (κ2) is 15.5. The number of hydrogen-bond donors (Lipinski definition) is 1. The van der Waals surface area contributed by atoms with Crippen LogP contribution in [0.5, 0.6) is 0 Å². The molecule has 0 saturated carbocycles. The lowest BCUT2D eigenvalue weighted by atomic mass is 10.0. The number of allylic oxidation sites excluding steroid dienone is 1. The van der Waals surface area contributed by atoms with E-state index in [4.69, 9.17) is 4.74 Å². The molecule has 2 aliphatic rings. The normalized spacial score (nSPS) is 16.8. The summed E-state index contributed by atoms with van der Waals surface area (Å²) in [6.07, 6.45) is 7.47. The molecule has 2 aliphatic heterocycles. The summed E-state index contributed by atoms with van der Waals surface area (Å²) in [5.41, 5.74) is 1.95. The highest BCUT2D eigenvalue weighted by Crippen LogP contribution is 2.28. The van der Waals surface area contributed by atoms with Gasteiger partial charge in [0.25, 0.3) is 11.8 Å². The number of carbonyl (C=O) groups excluding carboxylic acids is 4. The van der Waals surface area contributed by atoms with Crippen LogP contribution >= 0.6 is 0 Å². The van der Waals surface area contributed by atoms with Gasteiger partial charge in [-0.1, -0.05) is 71.6 Å². The van der Waals surface area contributed by atoms with Crippen molar-refractivity contribution in [2.75, 3.05) is 0 Å². The molecule has 2 heterocycles. The number of unbranched alkanes of at least 4 members (excludes halogenated alkanes) is 2. The van der Waals surface area contributed by atoms with Crippen LogP contribution in [0, 0.1) is 12.8 Å². The van der Waals surface area contributed by atoms with Crippen LogP contribution in [0.3, 0.4) is 0 Å². The largest absolute Gasteiger partial charge is 0.460 e. The lowest BCUT2D eigenvalue weighted by Crippen LogP contribution is -2.51. The summed E-state index contributed by atoms with van der Waals surface area (Å²) in [6.45, 7) is 20.0. The quantitative estimate of drug-likeness (QED) is 0.240. The molecule has 38 heavy (non-hydrogen) atoms. The number of piperidine rings is 1. The Labute approximate surface area is 229 Å². The van der Waals surface area contributed by atoms with E-state index in [2.05, 4.69) is 39.6 Å². The second-order valence-electron chi connectivity index (χ2n) is 11.4. The first-order valence-electron chi connectivity index (χ1n) is 13.9. The Hall–Kier alpha value is -2.96. The van der Waals surface area contributed by atoms with Gasteiger partial charge in [-0.05, 0) is 65.0 Å². The Kier molecular flexibility index (Phi) is 13.4. The van der Waals surface area contributed by atoms with E-state index in [1.807, 2.05) is 27.7 Å². The SMILES string of the molecule is C=C1CCC(N2C(=O)c3ccc(C)cc3C2=O)C(=O)N1.CC(C)CCCCC(=O)OC(C)(C)C.CCCC. The molecule has 0 bridgehead atoms. The van der Waals surface area contributed by atoms with Crippen LogP contribution in [0.15, 0.2) is 30.5 Å². The maximum atomic E-state index is 12.4. The van der Waals surface area contributed by atoms with Gasteiger partial charge < -0.3 is 10.1 Å².